The van der Waals surface area contributed by atoms with Crippen molar-refractivity contribution in [2.75, 3.05) is 42.7 Å². The van der Waals surface area contributed by atoms with E-state index in [-0.39, 0.29) is 24.2 Å². The Kier molecular flexibility index (Phi) is 7.58. The highest BCUT2D eigenvalue weighted by Gasteiger charge is 2.34. The molecule has 0 aliphatic carbocycles. The minimum absolute atomic E-state index is 0.0157. The summed E-state index contributed by atoms with van der Waals surface area (Å²) in [6.45, 7) is 2.05. The van der Waals surface area contributed by atoms with Crippen LogP contribution in [0.2, 0.25) is 0 Å². The topological polar surface area (TPSA) is 52.7 Å². The maximum absolute atomic E-state index is 12.5. The number of para-hydroxylation sites is 1. The minimum atomic E-state index is -0.269. The molecule has 2 amide bonds. The Morgan fingerprint density at radius 2 is 1.86 bits per heavy atom. The van der Waals surface area contributed by atoms with Crippen LogP contribution in [0.15, 0.2) is 59.5 Å². The van der Waals surface area contributed by atoms with Gasteiger partial charge in [0.2, 0.25) is 11.8 Å². The van der Waals surface area contributed by atoms with E-state index in [0.717, 1.165) is 30.0 Å². The number of rotatable bonds is 9. The number of anilines is 2. The van der Waals surface area contributed by atoms with Crippen molar-refractivity contribution in [3.8, 4) is 0 Å². The Hall–Kier alpha value is -2.47. The quantitative estimate of drug-likeness (QED) is 0.504. The molecule has 1 aliphatic rings. The second kappa shape index (κ2) is 10.3. The van der Waals surface area contributed by atoms with Gasteiger partial charge in [0.25, 0.3) is 0 Å². The van der Waals surface area contributed by atoms with E-state index in [1.165, 1.54) is 5.69 Å². The fraction of sp³-hybridized carbons (Fsp3) is 0.391. The number of benzene rings is 2. The fourth-order valence-electron chi connectivity index (χ4n) is 3.54. The van der Waals surface area contributed by atoms with Gasteiger partial charge in [0.05, 0.1) is 5.92 Å². The molecule has 29 heavy (non-hydrogen) atoms. The number of hydrogen-bond acceptors (Lipinski definition) is 4. The van der Waals surface area contributed by atoms with Gasteiger partial charge in [-0.3, -0.25) is 9.59 Å². The summed E-state index contributed by atoms with van der Waals surface area (Å²) in [5.74, 6) is -0.265. The fourth-order valence-corrected chi connectivity index (χ4v) is 3.94. The summed E-state index contributed by atoms with van der Waals surface area (Å²) >= 11 is 1.67. The van der Waals surface area contributed by atoms with Crippen molar-refractivity contribution in [2.45, 2.75) is 24.2 Å². The lowest BCUT2D eigenvalue weighted by molar-refractivity contribution is -0.126. The zero-order valence-electron chi connectivity index (χ0n) is 17.1. The van der Waals surface area contributed by atoms with Gasteiger partial charge in [-0.1, -0.05) is 18.2 Å². The summed E-state index contributed by atoms with van der Waals surface area (Å²) < 4.78 is 0. The van der Waals surface area contributed by atoms with Gasteiger partial charge in [-0.2, -0.15) is 0 Å². The lowest BCUT2D eigenvalue weighted by atomic mass is 10.1. The molecule has 3 rings (SSSR count). The molecule has 1 unspecified atom stereocenters. The van der Waals surface area contributed by atoms with E-state index in [0.29, 0.717) is 13.1 Å². The number of amides is 2. The van der Waals surface area contributed by atoms with E-state index < -0.39 is 0 Å². The summed E-state index contributed by atoms with van der Waals surface area (Å²) in [4.78, 5) is 30.0. The predicted octanol–water partition coefficient (Wildman–Crippen LogP) is 3.79. The van der Waals surface area contributed by atoms with Crippen LogP contribution in [0, 0.1) is 5.92 Å². The number of unbranched alkanes of at least 4 members (excludes halogenated alkanes) is 1. The number of carbonyl (C=O) groups is 2. The van der Waals surface area contributed by atoms with Crippen LogP contribution >= 0.6 is 11.8 Å². The Balaban J connectivity index is 1.39. The van der Waals surface area contributed by atoms with Crippen LogP contribution in [0.25, 0.3) is 0 Å². The molecule has 1 heterocycles. The molecule has 0 saturated carbocycles. The van der Waals surface area contributed by atoms with Gasteiger partial charge in [0.1, 0.15) is 0 Å². The Morgan fingerprint density at radius 1 is 1.14 bits per heavy atom. The lowest BCUT2D eigenvalue weighted by Gasteiger charge is -2.19. The summed E-state index contributed by atoms with van der Waals surface area (Å²) in [5, 5.41) is 3.01. The van der Waals surface area contributed by atoms with Gasteiger partial charge in [-0.25, -0.2) is 0 Å². The van der Waals surface area contributed by atoms with Gasteiger partial charge in [-0.05, 0) is 55.5 Å². The first kappa shape index (κ1) is 21.2. The molecule has 0 spiro atoms. The van der Waals surface area contributed by atoms with Gasteiger partial charge in [0.15, 0.2) is 0 Å². The highest BCUT2D eigenvalue weighted by molar-refractivity contribution is 7.98. The number of nitrogens with one attached hydrogen (secondary N) is 1. The van der Waals surface area contributed by atoms with Crippen LogP contribution in [-0.4, -0.2) is 44.8 Å². The summed E-state index contributed by atoms with van der Waals surface area (Å²) in [5.41, 5.74) is 2.07. The van der Waals surface area contributed by atoms with Crippen LogP contribution in [-0.2, 0) is 9.59 Å². The number of nitrogens with zero attached hydrogens (tertiary/aromatic N) is 2. The first-order chi connectivity index (χ1) is 14.1. The van der Waals surface area contributed by atoms with Crippen LogP contribution in [0.3, 0.4) is 0 Å². The van der Waals surface area contributed by atoms with E-state index in [1.54, 1.807) is 16.7 Å². The maximum Gasteiger partial charge on any atom is 0.227 e. The average molecular weight is 412 g/mol. The Morgan fingerprint density at radius 3 is 2.55 bits per heavy atom. The second-order valence-corrected chi connectivity index (χ2v) is 8.24. The Labute approximate surface area is 177 Å². The molecule has 2 aromatic carbocycles. The monoisotopic (exact) mass is 411 g/mol. The van der Waals surface area contributed by atoms with E-state index >= 15 is 0 Å². The normalized spacial score (nSPS) is 16.1. The van der Waals surface area contributed by atoms with Crippen LogP contribution in [0.5, 0.6) is 0 Å². The SMILES string of the molecule is CSc1ccc(N2CC(C(=O)NCCCCN(C)c3ccccc3)CC2=O)cc1. The standard InChI is InChI=1S/C23H29N3O2S/c1-25(19-8-4-3-5-9-19)15-7-6-14-24-23(28)18-16-22(27)26(17-18)20-10-12-21(29-2)13-11-20/h3-5,8-13,18H,6-7,14-17H2,1-2H3,(H,24,28). The molecule has 2 aromatic rings. The maximum atomic E-state index is 12.5. The average Bonchev–Trinajstić information content (AvgIpc) is 3.15. The third-order valence-corrected chi connectivity index (χ3v) is 6.04. The zero-order chi connectivity index (χ0) is 20.6. The van der Waals surface area contributed by atoms with Crippen LogP contribution in [0.4, 0.5) is 11.4 Å². The van der Waals surface area contributed by atoms with Gasteiger partial charge in [0, 0.05) is 49.4 Å². The van der Waals surface area contributed by atoms with Crippen molar-refractivity contribution in [3.05, 3.63) is 54.6 Å². The van der Waals surface area contributed by atoms with Gasteiger partial charge < -0.3 is 15.1 Å². The summed E-state index contributed by atoms with van der Waals surface area (Å²) in [7, 11) is 2.08. The van der Waals surface area contributed by atoms with Crippen molar-refractivity contribution in [2.24, 2.45) is 5.92 Å². The molecule has 1 atom stereocenters. The lowest BCUT2D eigenvalue weighted by Crippen LogP contribution is -2.33. The van der Waals surface area contributed by atoms with Gasteiger partial charge in [-0.15, -0.1) is 11.8 Å². The molecule has 0 aromatic heterocycles. The Bertz CT molecular complexity index is 811. The molecule has 6 heteroatoms. The van der Waals surface area contributed by atoms with Crippen molar-refractivity contribution >= 4 is 35.0 Å². The van der Waals surface area contributed by atoms with Crippen molar-refractivity contribution < 1.29 is 9.59 Å². The predicted molar refractivity (Wildman–Crippen MR) is 121 cm³/mol. The molecule has 1 aliphatic heterocycles. The third-order valence-electron chi connectivity index (χ3n) is 5.30. The minimum Gasteiger partial charge on any atom is -0.375 e. The highest BCUT2D eigenvalue weighted by atomic mass is 32.2. The molecule has 0 radical (unpaired) electrons. The highest BCUT2D eigenvalue weighted by Crippen LogP contribution is 2.27. The summed E-state index contributed by atoms with van der Waals surface area (Å²) in [6, 6.07) is 18.2. The zero-order valence-corrected chi connectivity index (χ0v) is 18.0. The van der Waals surface area contributed by atoms with Crippen molar-refractivity contribution in [3.63, 3.8) is 0 Å². The van der Waals surface area contributed by atoms with E-state index in [2.05, 4.69) is 29.4 Å². The van der Waals surface area contributed by atoms with Crippen molar-refractivity contribution in [1.29, 1.82) is 0 Å². The van der Waals surface area contributed by atoms with Crippen molar-refractivity contribution in [1.82, 2.24) is 5.32 Å². The molecule has 5 nitrogen and oxygen atoms in total. The molecule has 0 bridgehead atoms. The van der Waals surface area contributed by atoms with Crippen LogP contribution in [0.1, 0.15) is 19.3 Å². The molecule has 1 N–H and O–H groups in total. The smallest absolute Gasteiger partial charge is 0.227 e. The summed E-state index contributed by atoms with van der Waals surface area (Å²) in [6.07, 6.45) is 4.23. The first-order valence-corrected chi connectivity index (χ1v) is 11.3. The molecule has 154 valence electrons. The molecule has 1 fully saturated rings. The molecule has 1 saturated heterocycles. The second-order valence-electron chi connectivity index (χ2n) is 7.36. The molecular formula is C23H29N3O2S. The number of carbonyl (C=O) groups excluding carboxylic acids is 2. The largest absolute Gasteiger partial charge is 0.375 e. The van der Waals surface area contributed by atoms with E-state index in [1.807, 2.05) is 48.7 Å². The van der Waals surface area contributed by atoms with Crippen LogP contribution < -0.4 is 15.1 Å². The number of thioether (sulfide) groups is 1. The third kappa shape index (κ3) is 5.76. The van der Waals surface area contributed by atoms with E-state index in [4.69, 9.17) is 0 Å². The van der Waals surface area contributed by atoms with E-state index in [9.17, 15) is 9.59 Å². The number of hydrogen-bond donors (Lipinski definition) is 1. The molecular weight excluding hydrogens is 382 g/mol. The first-order valence-electron chi connectivity index (χ1n) is 10.1. The van der Waals surface area contributed by atoms with Gasteiger partial charge >= 0.3 is 0 Å².